The molecular formula is C14H18N2OS. The molecular weight excluding hydrogens is 244 g/mol. The number of anilines is 1. The van der Waals surface area contributed by atoms with Gasteiger partial charge in [-0.05, 0) is 30.9 Å². The lowest BCUT2D eigenvalue weighted by Crippen LogP contribution is -2.39. The van der Waals surface area contributed by atoms with Crippen LogP contribution < -0.4 is 4.90 Å². The van der Waals surface area contributed by atoms with Gasteiger partial charge in [-0.3, -0.25) is 4.79 Å². The lowest BCUT2D eigenvalue weighted by atomic mass is 9.89. The number of nitrogens with zero attached hydrogens (tertiary/aromatic N) is 2. The third-order valence-electron chi connectivity index (χ3n) is 3.84. The normalized spacial score (nSPS) is 20.9. The minimum atomic E-state index is 0.242. The maximum atomic E-state index is 12.1. The van der Waals surface area contributed by atoms with E-state index in [0.29, 0.717) is 11.7 Å². The van der Waals surface area contributed by atoms with E-state index in [1.165, 1.54) is 32.1 Å². The van der Waals surface area contributed by atoms with Crippen LogP contribution in [0.5, 0.6) is 0 Å². The molecule has 1 saturated carbocycles. The molecule has 0 atom stereocenters. The van der Waals surface area contributed by atoms with Crippen LogP contribution in [-0.4, -0.2) is 23.2 Å². The molecule has 1 aromatic heterocycles. The number of aromatic nitrogens is 1. The molecule has 96 valence electrons. The van der Waals surface area contributed by atoms with E-state index in [-0.39, 0.29) is 5.91 Å². The van der Waals surface area contributed by atoms with E-state index in [9.17, 15) is 4.79 Å². The molecule has 0 unspecified atom stereocenters. The highest BCUT2D eigenvalue weighted by atomic mass is 32.2. The van der Waals surface area contributed by atoms with Gasteiger partial charge in [-0.1, -0.05) is 31.0 Å². The fourth-order valence-corrected chi connectivity index (χ4v) is 3.75. The second kappa shape index (κ2) is 5.31. The molecule has 0 N–H and O–H groups in total. The van der Waals surface area contributed by atoms with Crippen molar-refractivity contribution < 1.29 is 4.79 Å². The second-order valence-corrected chi connectivity index (χ2v) is 6.09. The monoisotopic (exact) mass is 262 g/mol. The summed E-state index contributed by atoms with van der Waals surface area (Å²) in [4.78, 5) is 18.4. The van der Waals surface area contributed by atoms with E-state index < -0.39 is 0 Å². The summed E-state index contributed by atoms with van der Waals surface area (Å²) < 4.78 is 0. The zero-order valence-electron chi connectivity index (χ0n) is 10.5. The minimum Gasteiger partial charge on any atom is -0.309 e. The first-order valence-corrected chi connectivity index (χ1v) is 7.71. The molecule has 1 fully saturated rings. The number of amides is 1. The predicted molar refractivity (Wildman–Crippen MR) is 73.9 cm³/mol. The van der Waals surface area contributed by atoms with Crippen LogP contribution in [0, 0.1) is 5.92 Å². The first-order valence-electron chi connectivity index (χ1n) is 6.73. The molecule has 0 saturated heterocycles. The quantitative estimate of drug-likeness (QED) is 0.821. The predicted octanol–water partition coefficient (Wildman–Crippen LogP) is 3.10. The van der Waals surface area contributed by atoms with Gasteiger partial charge in [-0.25, -0.2) is 4.98 Å². The third-order valence-corrected chi connectivity index (χ3v) is 4.82. The van der Waals surface area contributed by atoms with E-state index >= 15 is 0 Å². The Labute approximate surface area is 112 Å². The Bertz CT molecular complexity index is 443. The van der Waals surface area contributed by atoms with Gasteiger partial charge in [0.15, 0.2) is 0 Å². The summed E-state index contributed by atoms with van der Waals surface area (Å²) in [6.45, 7) is 0.887. The lowest BCUT2D eigenvalue weighted by Gasteiger charge is -2.32. The smallest absolute Gasteiger partial charge is 0.237 e. The summed E-state index contributed by atoms with van der Waals surface area (Å²) in [6.07, 6.45) is 8.35. The minimum absolute atomic E-state index is 0.242. The molecule has 1 aliphatic heterocycles. The van der Waals surface area contributed by atoms with Crippen LogP contribution in [0.25, 0.3) is 0 Å². The topological polar surface area (TPSA) is 33.2 Å². The Morgan fingerprint density at radius 2 is 2.17 bits per heavy atom. The van der Waals surface area contributed by atoms with Gasteiger partial charge >= 0.3 is 0 Å². The third kappa shape index (κ3) is 2.39. The molecule has 0 bridgehead atoms. The number of hydrogen-bond donors (Lipinski definition) is 0. The van der Waals surface area contributed by atoms with Crippen molar-refractivity contribution in [1.82, 2.24) is 4.98 Å². The maximum absolute atomic E-state index is 12.1. The number of pyridine rings is 1. The molecule has 2 aliphatic rings. The van der Waals surface area contributed by atoms with Gasteiger partial charge in [-0.2, -0.15) is 0 Å². The molecule has 1 aliphatic carbocycles. The van der Waals surface area contributed by atoms with Gasteiger partial charge in [0.1, 0.15) is 5.03 Å². The first kappa shape index (κ1) is 12.0. The van der Waals surface area contributed by atoms with Crippen molar-refractivity contribution in [3.05, 3.63) is 18.3 Å². The summed E-state index contributed by atoms with van der Waals surface area (Å²) in [5.74, 6) is 1.46. The van der Waals surface area contributed by atoms with Crippen LogP contribution in [0.3, 0.4) is 0 Å². The van der Waals surface area contributed by atoms with Crippen molar-refractivity contribution in [3.63, 3.8) is 0 Å². The summed E-state index contributed by atoms with van der Waals surface area (Å²) in [6, 6.07) is 3.95. The van der Waals surface area contributed by atoms with E-state index in [0.717, 1.165) is 17.3 Å². The summed E-state index contributed by atoms with van der Waals surface area (Å²) >= 11 is 1.56. The zero-order valence-corrected chi connectivity index (χ0v) is 11.3. The Morgan fingerprint density at radius 3 is 3.00 bits per heavy atom. The standard InChI is InChI=1S/C14H18N2OS/c17-13-10-18-14-12(7-4-8-15-14)16(13)9-11-5-2-1-3-6-11/h4,7-8,11H,1-3,5-6,9-10H2. The van der Waals surface area contributed by atoms with E-state index in [2.05, 4.69) is 4.98 Å². The Kier molecular flexibility index (Phi) is 3.55. The summed E-state index contributed by atoms with van der Waals surface area (Å²) in [7, 11) is 0. The van der Waals surface area contributed by atoms with Crippen molar-refractivity contribution in [2.75, 3.05) is 17.2 Å². The molecule has 0 aromatic carbocycles. The highest BCUT2D eigenvalue weighted by molar-refractivity contribution is 8.00. The highest BCUT2D eigenvalue weighted by Crippen LogP contribution is 2.35. The maximum Gasteiger partial charge on any atom is 0.237 e. The molecule has 2 heterocycles. The number of fused-ring (bicyclic) bond motifs is 1. The average molecular weight is 262 g/mol. The molecule has 1 amide bonds. The van der Waals surface area contributed by atoms with E-state index in [4.69, 9.17) is 0 Å². The SMILES string of the molecule is O=C1CSc2ncccc2N1CC1CCCCC1. The molecule has 0 radical (unpaired) electrons. The molecule has 4 heteroatoms. The summed E-state index contributed by atoms with van der Waals surface area (Å²) in [5.41, 5.74) is 1.02. The van der Waals surface area contributed by atoms with Gasteiger partial charge in [0.05, 0.1) is 11.4 Å². The fourth-order valence-electron chi connectivity index (χ4n) is 2.87. The second-order valence-electron chi connectivity index (χ2n) is 5.12. The Hall–Kier alpha value is -1.03. The van der Waals surface area contributed by atoms with Gasteiger partial charge in [0.25, 0.3) is 0 Å². The van der Waals surface area contributed by atoms with Gasteiger partial charge in [0, 0.05) is 12.7 Å². The molecule has 0 spiro atoms. The van der Waals surface area contributed by atoms with Crippen molar-refractivity contribution in [1.29, 1.82) is 0 Å². The van der Waals surface area contributed by atoms with Crippen molar-refractivity contribution >= 4 is 23.4 Å². The van der Waals surface area contributed by atoms with Gasteiger partial charge < -0.3 is 4.90 Å². The molecule has 3 rings (SSSR count). The fraction of sp³-hybridized carbons (Fsp3) is 0.571. The van der Waals surface area contributed by atoms with Crippen LogP contribution in [0.2, 0.25) is 0 Å². The average Bonchev–Trinajstić information content (AvgIpc) is 2.43. The van der Waals surface area contributed by atoms with Crippen LogP contribution in [-0.2, 0) is 4.79 Å². The first-order chi connectivity index (χ1) is 8.84. The Balaban J connectivity index is 1.79. The number of carbonyl (C=O) groups excluding carboxylic acids is 1. The lowest BCUT2D eigenvalue weighted by molar-refractivity contribution is -0.116. The van der Waals surface area contributed by atoms with Crippen LogP contribution in [0.1, 0.15) is 32.1 Å². The van der Waals surface area contributed by atoms with Crippen molar-refractivity contribution in [2.45, 2.75) is 37.1 Å². The van der Waals surface area contributed by atoms with E-state index in [1.54, 1.807) is 18.0 Å². The largest absolute Gasteiger partial charge is 0.309 e. The molecule has 1 aromatic rings. The molecule has 18 heavy (non-hydrogen) atoms. The summed E-state index contributed by atoms with van der Waals surface area (Å²) in [5, 5.41) is 1.01. The number of carbonyl (C=O) groups is 1. The highest BCUT2D eigenvalue weighted by Gasteiger charge is 2.28. The Morgan fingerprint density at radius 1 is 1.33 bits per heavy atom. The number of hydrogen-bond acceptors (Lipinski definition) is 3. The van der Waals surface area contributed by atoms with E-state index in [1.807, 2.05) is 17.0 Å². The van der Waals surface area contributed by atoms with Crippen LogP contribution in [0.15, 0.2) is 23.4 Å². The van der Waals surface area contributed by atoms with Crippen LogP contribution in [0.4, 0.5) is 5.69 Å². The van der Waals surface area contributed by atoms with Crippen molar-refractivity contribution in [2.24, 2.45) is 5.92 Å². The number of thioether (sulfide) groups is 1. The zero-order chi connectivity index (χ0) is 12.4. The van der Waals surface area contributed by atoms with Gasteiger partial charge in [0.2, 0.25) is 5.91 Å². The van der Waals surface area contributed by atoms with Gasteiger partial charge in [-0.15, -0.1) is 0 Å². The van der Waals surface area contributed by atoms with Crippen molar-refractivity contribution in [3.8, 4) is 0 Å². The number of rotatable bonds is 2. The van der Waals surface area contributed by atoms with Crippen LogP contribution >= 0.6 is 11.8 Å². The molecule has 3 nitrogen and oxygen atoms in total.